The first-order valence-electron chi connectivity index (χ1n) is 10.7. The molecule has 1 fully saturated rings. The Balaban J connectivity index is 1.82. The number of nitrogens with one attached hydrogen (secondary N) is 1. The summed E-state index contributed by atoms with van der Waals surface area (Å²) in [6.07, 6.45) is 10.0. The molecule has 31 heavy (non-hydrogen) atoms. The molecule has 0 bridgehead atoms. The molecule has 3 rings (SSSR count). The van der Waals surface area contributed by atoms with Gasteiger partial charge in [0.25, 0.3) is 11.5 Å². The fourth-order valence-electron chi connectivity index (χ4n) is 3.42. The average molecular weight is 461 g/mol. The quantitative estimate of drug-likeness (QED) is 0.301. The molecule has 0 aromatic carbocycles. The predicted molar refractivity (Wildman–Crippen MR) is 130 cm³/mol. The highest BCUT2D eigenvalue weighted by molar-refractivity contribution is 8.26. The van der Waals surface area contributed by atoms with Crippen LogP contribution in [0.5, 0.6) is 0 Å². The van der Waals surface area contributed by atoms with Crippen LogP contribution in [0.1, 0.15) is 51.0 Å². The van der Waals surface area contributed by atoms with Gasteiger partial charge in [0.15, 0.2) is 0 Å². The normalized spacial score (nSPS) is 15.4. The number of hydrogen-bond donors (Lipinski definition) is 2. The Bertz CT molecular complexity index is 1040. The number of anilines is 1. The highest BCUT2D eigenvalue weighted by atomic mass is 32.2. The first-order chi connectivity index (χ1) is 15.1. The van der Waals surface area contributed by atoms with Crippen LogP contribution in [0.4, 0.5) is 5.82 Å². The molecule has 2 aromatic rings. The van der Waals surface area contributed by atoms with E-state index in [0.717, 1.165) is 19.3 Å². The predicted octanol–water partition coefficient (Wildman–Crippen LogP) is 3.66. The first-order valence-corrected chi connectivity index (χ1v) is 11.9. The summed E-state index contributed by atoms with van der Waals surface area (Å²) in [6, 6.07) is 5.28. The number of amides is 1. The zero-order valence-corrected chi connectivity index (χ0v) is 19.3. The van der Waals surface area contributed by atoms with Crippen molar-refractivity contribution in [1.82, 2.24) is 14.3 Å². The summed E-state index contributed by atoms with van der Waals surface area (Å²) in [5.41, 5.74) is 0.477. The molecule has 0 spiro atoms. The zero-order chi connectivity index (χ0) is 22.2. The van der Waals surface area contributed by atoms with Crippen molar-refractivity contribution in [2.45, 2.75) is 45.4 Å². The van der Waals surface area contributed by atoms with Gasteiger partial charge in [-0.2, -0.15) is 0 Å². The summed E-state index contributed by atoms with van der Waals surface area (Å²) in [5, 5.41) is 12.2. The summed E-state index contributed by atoms with van der Waals surface area (Å²) in [4.78, 5) is 32.6. The van der Waals surface area contributed by atoms with Crippen molar-refractivity contribution >= 4 is 51.7 Å². The standard InChI is InChI=1S/C22H28N4O3S2/c1-2-3-4-5-6-8-13-26-21(29)17(31-22(26)30)15-16-19(23-11-14-27)24-18-10-7-9-12-25(18)20(16)28/h7,9-10,12,15,23,27H,2-6,8,11,13-14H2,1H3/b17-15+. The molecule has 1 aliphatic heterocycles. The third-order valence-electron chi connectivity index (χ3n) is 5.06. The molecule has 2 N–H and O–H groups in total. The number of fused-ring (bicyclic) bond motifs is 1. The van der Waals surface area contributed by atoms with E-state index in [9.17, 15) is 14.7 Å². The number of hydrogen-bond acceptors (Lipinski definition) is 7. The molecule has 9 heteroatoms. The molecule has 3 heterocycles. The van der Waals surface area contributed by atoms with Crippen LogP contribution < -0.4 is 10.9 Å². The van der Waals surface area contributed by atoms with Gasteiger partial charge < -0.3 is 10.4 Å². The van der Waals surface area contributed by atoms with Crippen molar-refractivity contribution in [3.05, 3.63) is 45.2 Å². The van der Waals surface area contributed by atoms with Crippen LogP contribution in [0.15, 0.2) is 34.1 Å². The summed E-state index contributed by atoms with van der Waals surface area (Å²) >= 11 is 6.63. The monoisotopic (exact) mass is 460 g/mol. The number of unbranched alkanes of at least 4 members (excludes halogenated alkanes) is 5. The lowest BCUT2D eigenvalue weighted by Gasteiger charge is -2.14. The first kappa shape index (κ1) is 23.4. The van der Waals surface area contributed by atoms with E-state index in [0.29, 0.717) is 27.2 Å². The molecule has 0 unspecified atom stereocenters. The lowest BCUT2D eigenvalue weighted by atomic mass is 10.1. The smallest absolute Gasteiger partial charge is 0.267 e. The van der Waals surface area contributed by atoms with E-state index in [1.165, 1.54) is 35.4 Å². The van der Waals surface area contributed by atoms with Gasteiger partial charge in [-0.3, -0.25) is 18.9 Å². The summed E-state index contributed by atoms with van der Waals surface area (Å²) in [6.45, 7) is 2.93. The number of pyridine rings is 1. The summed E-state index contributed by atoms with van der Waals surface area (Å²) in [7, 11) is 0. The molecule has 0 radical (unpaired) electrons. The maximum atomic E-state index is 13.1. The van der Waals surface area contributed by atoms with E-state index >= 15 is 0 Å². The minimum absolute atomic E-state index is 0.102. The van der Waals surface area contributed by atoms with Gasteiger partial charge in [0.05, 0.1) is 17.1 Å². The molecule has 2 aromatic heterocycles. The topological polar surface area (TPSA) is 86.9 Å². The number of aliphatic hydroxyl groups excluding tert-OH is 1. The van der Waals surface area contributed by atoms with Crippen molar-refractivity contribution in [2.24, 2.45) is 0 Å². The van der Waals surface area contributed by atoms with Crippen molar-refractivity contribution in [3.8, 4) is 0 Å². The van der Waals surface area contributed by atoms with Gasteiger partial charge in [-0.05, 0) is 24.6 Å². The second-order valence-corrected chi connectivity index (χ2v) is 9.04. The van der Waals surface area contributed by atoms with Crippen molar-refractivity contribution in [1.29, 1.82) is 0 Å². The summed E-state index contributed by atoms with van der Waals surface area (Å²) in [5.74, 6) is 0.167. The number of carbonyl (C=O) groups excluding carboxylic acids is 1. The molecule has 1 amide bonds. The third kappa shape index (κ3) is 5.72. The van der Waals surface area contributed by atoms with E-state index in [4.69, 9.17) is 12.2 Å². The van der Waals surface area contributed by atoms with Crippen molar-refractivity contribution in [3.63, 3.8) is 0 Å². The number of thioether (sulfide) groups is 1. The molecule has 1 saturated heterocycles. The van der Waals surface area contributed by atoms with Gasteiger partial charge in [-0.15, -0.1) is 0 Å². The third-order valence-corrected chi connectivity index (χ3v) is 6.44. The Morgan fingerprint density at radius 3 is 2.74 bits per heavy atom. The van der Waals surface area contributed by atoms with E-state index in [1.807, 2.05) is 0 Å². The maximum Gasteiger partial charge on any atom is 0.267 e. The lowest BCUT2D eigenvalue weighted by molar-refractivity contribution is -0.122. The Hall–Kier alpha value is -2.23. The molecule has 7 nitrogen and oxygen atoms in total. The van der Waals surface area contributed by atoms with Crippen LogP contribution in [0, 0.1) is 0 Å². The van der Waals surface area contributed by atoms with Crippen LogP contribution in [0.3, 0.4) is 0 Å². The van der Waals surface area contributed by atoms with Gasteiger partial charge in [0.2, 0.25) is 0 Å². The van der Waals surface area contributed by atoms with E-state index in [-0.39, 0.29) is 30.2 Å². The van der Waals surface area contributed by atoms with Gasteiger partial charge in [0.1, 0.15) is 15.8 Å². The largest absolute Gasteiger partial charge is 0.395 e. The fourth-order valence-corrected chi connectivity index (χ4v) is 4.71. The highest BCUT2D eigenvalue weighted by Gasteiger charge is 2.32. The molecule has 0 atom stereocenters. The Kier molecular flexibility index (Phi) is 8.62. The van der Waals surface area contributed by atoms with Crippen molar-refractivity contribution in [2.75, 3.05) is 25.0 Å². The number of nitrogens with zero attached hydrogens (tertiary/aromatic N) is 3. The zero-order valence-electron chi connectivity index (χ0n) is 17.7. The number of thiocarbonyl (C=S) groups is 1. The molecule has 0 aliphatic carbocycles. The summed E-state index contributed by atoms with van der Waals surface area (Å²) < 4.78 is 1.95. The SMILES string of the molecule is CCCCCCCCN1C(=O)/C(=C\c2c(NCCO)nc3ccccn3c2=O)SC1=S. The van der Waals surface area contributed by atoms with Crippen molar-refractivity contribution < 1.29 is 9.90 Å². The molecular weight excluding hydrogens is 432 g/mol. The number of rotatable bonds is 11. The van der Waals surface area contributed by atoms with Gasteiger partial charge in [-0.1, -0.05) is 69.1 Å². The second-order valence-electron chi connectivity index (χ2n) is 7.36. The van der Waals surface area contributed by atoms with Gasteiger partial charge in [-0.25, -0.2) is 4.98 Å². The Labute approximate surface area is 191 Å². The Morgan fingerprint density at radius 2 is 1.97 bits per heavy atom. The van der Waals surface area contributed by atoms with Crippen LogP contribution in [0.2, 0.25) is 0 Å². The van der Waals surface area contributed by atoms with E-state index in [2.05, 4.69) is 17.2 Å². The highest BCUT2D eigenvalue weighted by Crippen LogP contribution is 2.33. The maximum absolute atomic E-state index is 13.1. The number of carbonyl (C=O) groups is 1. The molecule has 0 saturated carbocycles. The number of aliphatic hydroxyl groups is 1. The van der Waals surface area contributed by atoms with Gasteiger partial charge in [0, 0.05) is 19.3 Å². The minimum atomic E-state index is -0.285. The fraction of sp³-hybridized carbons (Fsp3) is 0.455. The van der Waals surface area contributed by atoms with Crippen LogP contribution in [0.25, 0.3) is 11.7 Å². The van der Waals surface area contributed by atoms with E-state index in [1.54, 1.807) is 35.4 Å². The Morgan fingerprint density at radius 1 is 1.19 bits per heavy atom. The average Bonchev–Trinajstić information content (AvgIpc) is 3.04. The number of aromatic nitrogens is 2. The van der Waals surface area contributed by atoms with Crippen LogP contribution >= 0.6 is 24.0 Å². The second kappa shape index (κ2) is 11.4. The molecule has 166 valence electrons. The van der Waals surface area contributed by atoms with Crippen LogP contribution in [-0.2, 0) is 4.79 Å². The van der Waals surface area contributed by atoms with E-state index < -0.39 is 0 Å². The molecular formula is C22H28N4O3S2. The van der Waals surface area contributed by atoms with Gasteiger partial charge >= 0.3 is 0 Å². The lowest BCUT2D eigenvalue weighted by Crippen LogP contribution is -2.29. The minimum Gasteiger partial charge on any atom is -0.395 e. The molecule has 1 aliphatic rings. The van der Waals surface area contributed by atoms with Crippen LogP contribution in [-0.4, -0.2) is 49.3 Å².